The Morgan fingerprint density at radius 3 is 2.76 bits per heavy atom. The Kier molecular flexibility index (Phi) is 8.54. The third-order valence-electron chi connectivity index (χ3n) is 5.51. The molecule has 1 heterocycles. The van der Waals surface area contributed by atoms with Crippen LogP contribution in [0.3, 0.4) is 0 Å². The highest BCUT2D eigenvalue weighted by Crippen LogP contribution is 2.17. The standard InChI is InChI=1S/C23H31ClN2O2S/c1-18-16-25-21(17-28-22-8-10-23(11-9-22)29(2)27)7-4-13-26(18)14-12-19-5-3-6-20(24)15-19/h3,5-6,8-11,15,18,21,25H,4,7,12-14,16-17H2,1-2H3. The lowest BCUT2D eigenvalue weighted by Gasteiger charge is -2.34. The molecule has 158 valence electrons. The van der Waals surface area contributed by atoms with Crippen molar-refractivity contribution in [2.75, 3.05) is 32.5 Å². The van der Waals surface area contributed by atoms with Gasteiger partial charge in [0.25, 0.3) is 0 Å². The van der Waals surface area contributed by atoms with Crippen molar-refractivity contribution < 1.29 is 8.95 Å². The van der Waals surface area contributed by atoms with E-state index in [1.165, 1.54) is 5.56 Å². The van der Waals surface area contributed by atoms with Crippen LogP contribution in [0.15, 0.2) is 53.4 Å². The lowest BCUT2D eigenvalue weighted by Crippen LogP contribution is -2.48. The van der Waals surface area contributed by atoms with E-state index in [-0.39, 0.29) is 0 Å². The van der Waals surface area contributed by atoms with Crippen molar-refractivity contribution in [2.45, 2.75) is 43.2 Å². The summed E-state index contributed by atoms with van der Waals surface area (Å²) in [5.74, 6) is 0.833. The van der Waals surface area contributed by atoms with E-state index < -0.39 is 10.8 Å². The van der Waals surface area contributed by atoms with Crippen LogP contribution in [0.25, 0.3) is 0 Å². The van der Waals surface area contributed by atoms with Gasteiger partial charge in [-0.1, -0.05) is 23.7 Å². The first kappa shape index (κ1) is 22.3. The van der Waals surface area contributed by atoms with E-state index in [4.69, 9.17) is 16.3 Å². The van der Waals surface area contributed by atoms with Crippen molar-refractivity contribution in [3.8, 4) is 5.75 Å². The largest absolute Gasteiger partial charge is 0.492 e. The smallest absolute Gasteiger partial charge is 0.119 e. The normalized spacial score (nSPS) is 21.9. The number of nitrogens with zero attached hydrogens (tertiary/aromatic N) is 1. The second-order valence-corrected chi connectivity index (χ2v) is 9.56. The molecule has 3 rings (SSSR count). The maximum Gasteiger partial charge on any atom is 0.119 e. The average molecular weight is 435 g/mol. The summed E-state index contributed by atoms with van der Waals surface area (Å²) < 4.78 is 17.5. The van der Waals surface area contributed by atoms with Gasteiger partial charge >= 0.3 is 0 Å². The summed E-state index contributed by atoms with van der Waals surface area (Å²) in [6.07, 6.45) is 4.95. The quantitative estimate of drug-likeness (QED) is 0.711. The summed E-state index contributed by atoms with van der Waals surface area (Å²) in [5.41, 5.74) is 1.30. The Bertz CT molecular complexity index is 800. The molecule has 1 N–H and O–H groups in total. The molecule has 3 unspecified atom stereocenters. The van der Waals surface area contributed by atoms with Gasteiger partial charge in [0.1, 0.15) is 12.4 Å². The predicted octanol–water partition coefficient (Wildman–Crippen LogP) is 4.14. The molecule has 2 aromatic rings. The second kappa shape index (κ2) is 11.1. The van der Waals surface area contributed by atoms with E-state index in [1.807, 2.05) is 36.4 Å². The lowest BCUT2D eigenvalue weighted by atomic mass is 10.1. The van der Waals surface area contributed by atoms with Crippen LogP contribution in [-0.2, 0) is 17.2 Å². The summed E-state index contributed by atoms with van der Waals surface area (Å²) in [6, 6.07) is 16.5. The maximum atomic E-state index is 11.5. The van der Waals surface area contributed by atoms with Crippen LogP contribution in [0.4, 0.5) is 0 Å². The number of hydrogen-bond donors (Lipinski definition) is 1. The zero-order valence-electron chi connectivity index (χ0n) is 17.3. The maximum absolute atomic E-state index is 11.5. The minimum absolute atomic E-state index is 0.354. The fourth-order valence-corrected chi connectivity index (χ4v) is 4.43. The van der Waals surface area contributed by atoms with Gasteiger partial charge in [-0.15, -0.1) is 0 Å². The Labute approximate surface area is 182 Å². The van der Waals surface area contributed by atoms with Gasteiger partial charge in [0.15, 0.2) is 0 Å². The molecule has 1 fully saturated rings. The average Bonchev–Trinajstić information content (AvgIpc) is 2.70. The first-order valence-corrected chi connectivity index (χ1v) is 12.2. The van der Waals surface area contributed by atoms with Crippen molar-refractivity contribution in [1.29, 1.82) is 0 Å². The number of halogens is 1. The Hall–Kier alpha value is -1.40. The van der Waals surface area contributed by atoms with Gasteiger partial charge in [-0.2, -0.15) is 0 Å². The number of ether oxygens (including phenoxy) is 1. The summed E-state index contributed by atoms with van der Waals surface area (Å²) >= 11 is 6.11. The Morgan fingerprint density at radius 1 is 1.24 bits per heavy atom. The highest BCUT2D eigenvalue weighted by Gasteiger charge is 2.20. The summed E-state index contributed by atoms with van der Waals surface area (Å²) in [4.78, 5) is 3.39. The van der Waals surface area contributed by atoms with Gasteiger partial charge in [-0.3, -0.25) is 9.11 Å². The first-order valence-electron chi connectivity index (χ1n) is 10.3. The molecule has 0 aliphatic carbocycles. The van der Waals surface area contributed by atoms with Crippen LogP contribution < -0.4 is 10.1 Å². The van der Waals surface area contributed by atoms with Gasteiger partial charge in [0, 0.05) is 52.1 Å². The van der Waals surface area contributed by atoms with E-state index in [0.29, 0.717) is 18.7 Å². The van der Waals surface area contributed by atoms with Crippen molar-refractivity contribution in [2.24, 2.45) is 0 Å². The molecule has 1 saturated heterocycles. The third-order valence-corrected chi connectivity index (χ3v) is 6.68. The molecular weight excluding hydrogens is 404 g/mol. The van der Waals surface area contributed by atoms with Gasteiger partial charge in [0.05, 0.1) is 0 Å². The molecule has 29 heavy (non-hydrogen) atoms. The lowest BCUT2D eigenvalue weighted by molar-refractivity contribution is 0.162. The molecule has 0 bridgehead atoms. The highest BCUT2D eigenvalue weighted by atomic mass is 35.5. The molecule has 0 saturated carbocycles. The number of benzene rings is 2. The number of nitrogens with one attached hydrogen (secondary N) is 1. The van der Waals surface area contributed by atoms with E-state index in [9.17, 15) is 4.21 Å². The van der Waals surface area contributed by atoms with Crippen molar-refractivity contribution >= 4 is 22.4 Å². The van der Waals surface area contributed by atoms with Gasteiger partial charge in [-0.25, -0.2) is 0 Å². The fraction of sp³-hybridized carbons (Fsp3) is 0.478. The van der Waals surface area contributed by atoms with Crippen molar-refractivity contribution in [1.82, 2.24) is 10.2 Å². The molecule has 2 aromatic carbocycles. The van der Waals surface area contributed by atoms with E-state index in [1.54, 1.807) is 6.26 Å². The molecule has 0 radical (unpaired) electrons. The van der Waals surface area contributed by atoms with Crippen molar-refractivity contribution in [3.63, 3.8) is 0 Å². The zero-order valence-corrected chi connectivity index (χ0v) is 18.8. The molecule has 1 aliphatic heterocycles. The van der Waals surface area contributed by atoms with E-state index >= 15 is 0 Å². The van der Waals surface area contributed by atoms with Crippen LogP contribution in [0.2, 0.25) is 5.02 Å². The molecule has 6 heteroatoms. The fourth-order valence-electron chi connectivity index (χ4n) is 3.69. The van der Waals surface area contributed by atoms with E-state index in [2.05, 4.69) is 29.3 Å². The zero-order chi connectivity index (χ0) is 20.6. The van der Waals surface area contributed by atoms with Crippen LogP contribution in [-0.4, -0.2) is 53.7 Å². The second-order valence-electron chi connectivity index (χ2n) is 7.75. The van der Waals surface area contributed by atoms with Gasteiger partial charge in [0.2, 0.25) is 0 Å². The van der Waals surface area contributed by atoms with Crippen LogP contribution in [0.1, 0.15) is 25.3 Å². The van der Waals surface area contributed by atoms with Crippen LogP contribution in [0, 0.1) is 0 Å². The van der Waals surface area contributed by atoms with Gasteiger partial charge < -0.3 is 10.1 Å². The molecule has 1 aliphatic rings. The summed E-state index contributed by atoms with van der Waals surface area (Å²) in [7, 11) is -0.952. The molecule has 0 amide bonds. The molecule has 0 spiro atoms. The van der Waals surface area contributed by atoms with Crippen molar-refractivity contribution in [3.05, 3.63) is 59.1 Å². The topological polar surface area (TPSA) is 41.6 Å². The van der Waals surface area contributed by atoms with Gasteiger partial charge in [-0.05, 0) is 74.7 Å². The third kappa shape index (κ3) is 7.10. The molecule has 3 atom stereocenters. The predicted molar refractivity (Wildman–Crippen MR) is 121 cm³/mol. The Balaban J connectivity index is 1.44. The first-order chi connectivity index (χ1) is 14.0. The molecular formula is C23H31ClN2O2S. The van der Waals surface area contributed by atoms with E-state index in [0.717, 1.165) is 54.6 Å². The highest BCUT2D eigenvalue weighted by molar-refractivity contribution is 7.84. The number of rotatable bonds is 7. The summed E-state index contributed by atoms with van der Waals surface area (Å²) in [6.45, 7) is 6.06. The van der Waals surface area contributed by atoms with Crippen LogP contribution >= 0.6 is 11.6 Å². The monoisotopic (exact) mass is 434 g/mol. The SMILES string of the molecule is CC1CNC(COc2ccc(S(C)=O)cc2)CCCN1CCc1cccc(Cl)c1. The minimum atomic E-state index is -0.952. The molecule has 4 nitrogen and oxygen atoms in total. The van der Waals surface area contributed by atoms with Crippen LogP contribution in [0.5, 0.6) is 5.75 Å². The number of hydrogen-bond acceptors (Lipinski definition) is 4. The summed E-state index contributed by atoms with van der Waals surface area (Å²) in [5, 5.41) is 4.48. The Morgan fingerprint density at radius 2 is 2.03 bits per heavy atom. The molecule has 0 aromatic heterocycles. The minimum Gasteiger partial charge on any atom is -0.492 e.